The van der Waals surface area contributed by atoms with E-state index in [4.69, 9.17) is 0 Å². The van der Waals surface area contributed by atoms with Gasteiger partial charge in [-0.2, -0.15) is 0 Å². The molecule has 0 unspecified atom stereocenters. The molecule has 0 radical (unpaired) electrons. The van der Waals surface area contributed by atoms with Crippen molar-refractivity contribution in [2.24, 2.45) is 0 Å². The maximum atomic E-state index is 10.3. The number of phenolic OH excluding ortho intramolecular Hbond substituents is 1. The number of aryl methyl sites for hydroxylation is 1. The van der Waals surface area contributed by atoms with Gasteiger partial charge in [0.25, 0.3) is 0 Å². The largest absolute Gasteiger partial charge is 0.507 e. The van der Waals surface area contributed by atoms with Crippen molar-refractivity contribution in [2.45, 2.75) is 6.92 Å². The van der Waals surface area contributed by atoms with Gasteiger partial charge in [0.05, 0.1) is 16.8 Å². The summed E-state index contributed by atoms with van der Waals surface area (Å²) in [6, 6.07) is 19.2. The molecule has 23 heavy (non-hydrogen) atoms. The van der Waals surface area contributed by atoms with Crippen LogP contribution in [0.2, 0.25) is 0 Å². The lowest BCUT2D eigenvalue weighted by Gasteiger charge is -2.12. The Morgan fingerprint density at radius 2 is 1.70 bits per heavy atom. The third kappa shape index (κ3) is 2.16. The zero-order chi connectivity index (χ0) is 15.8. The van der Waals surface area contributed by atoms with E-state index in [0.717, 1.165) is 16.8 Å². The molecule has 0 saturated heterocycles. The molecule has 4 aromatic rings. The number of rotatable bonds is 2. The average Bonchev–Trinajstić information content (AvgIpc) is 2.95. The fourth-order valence-corrected chi connectivity index (χ4v) is 2.82. The first-order valence-electron chi connectivity index (χ1n) is 7.43. The van der Waals surface area contributed by atoms with Gasteiger partial charge in [0, 0.05) is 6.20 Å². The second-order valence-electron chi connectivity index (χ2n) is 5.42. The molecule has 0 aliphatic heterocycles. The Balaban J connectivity index is 2.12. The molecule has 0 aliphatic rings. The lowest BCUT2D eigenvalue weighted by Crippen LogP contribution is -2.00. The molecule has 0 fully saturated rings. The van der Waals surface area contributed by atoms with Gasteiger partial charge in [0.1, 0.15) is 5.75 Å². The maximum absolute atomic E-state index is 10.3. The highest BCUT2D eigenvalue weighted by Gasteiger charge is 2.17. The Morgan fingerprint density at radius 1 is 0.913 bits per heavy atom. The van der Waals surface area contributed by atoms with Gasteiger partial charge in [-0.1, -0.05) is 30.3 Å². The Bertz CT molecular complexity index is 1000. The van der Waals surface area contributed by atoms with Crippen molar-refractivity contribution in [3.8, 4) is 22.8 Å². The molecule has 4 nitrogen and oxygen atoms in total. The van der Waals surface area contributed by atoms with E-state index in [2.05, 4.69) is 23.0 Å². The van der Waals surface area contributed by atoms with Crippen molar-refractivity contribution in [1.29, 1.82) is 0 Å². The first-order chi connectivity index (χ1) is 11.3. The van der Waals surface area contributed by atoms with E-state index in [1.54, 1.807) is 18.3 Å². The summed E-state index contributed by atoms with van der Waals surface area (Å²) in [5.74, 6) is 0.892. The Hall–Kier alpha value is -3.14. The van der Waals surface area contributed by atoms with E-state index in [1.165, 1.54) is 0 Å². The van der Waals surface area contributed by atoms with Crippen LogP contribution in [-0.2, 0) is 0 Å². The normalized spacial score (nSPS) is 11.0. The van der Waals surface area contributed by atoms with Gasteiger partial charge >= 0.3 is 0 Å². The summed E-state index contributed by atoms with van der Waals surface area (Å²) in [6.07, 6.45) is 1.73. The molecule has 1 N–H and O–H groups in total. The Morgan fingerprint density at radius 3 is 2.52 bits per heavy atom. The van der Waals surface area contributed by atoms with Crippen LogP contribution in [0.25, 0.3) is 28.2 Å². The topological polar surface area (TPSA) is 50.9 Å². The van der Waals surface area contributed by atoms with Crippen molar-refractivity contribution < 1.29 is 5.11 Å². The molecule has 4 rings (SSSR count). The summed E-state index contributed by atoms with van der Waals surface area (Å²) in [7, 11) is 0. The van der Waals surface area contributed by atoms with E-state index in [-0.39, 0.29) is 5.75 Å². The number of benzene rings is 2. The first kappa shape index (κ1) is 13.5. The van der Waals surface area contributed by atoms with Crippen LogP contribution < -0.4 is 0 Å². The summed E-state index contributed by atoms with van der Waals surface area (Å²) in [6.45, 7) is 2.06. The highest BCUT2D eigenvalue weighted by molar-refractivity contribution is 5.82. The molecule has 2 aromatic heterocycles. The highest BCUT2D eigenvalue weighted by atomic mass is 16.3. The number of aromatic nitrogens is 3. The number of aromatic hydroxyl groups is 1. The van der Waals surface area contributed by atoms with Gasteiger partial charge in [-0.15, -0.1) is 0 Å². The van der Waals surface area contributed by atoms with Crippen LogP contribution in [0.3, 0.4) is 0 Å². The van der Waals surface area contributed by atoms with Crippen LogP contribution in [-0.4, -0.2) is 19.6 Å². The summed E-state index contributed by atoms with van der Waals surface area (Å²) in [4.78, 5) is 9.01. The summed E-state index contributed by atoms with van der Waals surface area (Å²) in [5, 5.41) is 10.3. The van der Waals surface area contributed by atoms with Gasteiger partial charge in [-0.05, 0) is 42.8 Å². The van der Waals surface area contributed by atoms with Crippen LogP contribution in [0.5, 0.6) is 5.75 Å². The summed E-state index contributed by atoms with van der Waals surface area (Å²) in [5.41, 5.74) is 4.43. The van der Waals surface area contributed by atoms with Crippen molar-refractivity contribution in [3.63, 3.8) is 0 Å². The number of phenols is 1. The van der Waals surface area contributed by atoms with Crippen molar-refractivity contribution in [1.82, 2.24) is 14.5 Å². The third-order valence-corrected chi connectivity index (χ3v) is 3.93. The monoisotopic (exact) mass is 301 g/mol. The number of pyridine rings is 1. The number of nitrogens with zero attached hydrogens (tertiary/aromatic N) is 3. The molecule has 2 aromatic carbocycles. The standard InChI is InChI=1S/C19H15N3O/c1-13-7-2-4-9-15(13)22-16-10-6-12-20-18(16)21-19(22)14-8-3-5-11-17(14)23/h2-12,23H,1H3. The molecule has 0 atom stereocenters. The molecule has 0 bridgehead atoms. The van der Waals surface area contributed by atoms with Crippen molar-refractivity contribution in [3.05, 3.63) is 72.4 Å². The van der Waals surface area contributed by atoms with Gasteiger partial charge in [0.2, 0.25) is 0 Å². The van der Waals surface area contributed by atoms with Crippen LogP contribution in [0.4, 0.5) is 0 Å². The molecule has 2 heterocycles. The minimum absolute atomic E-state index is 0.206. The molecule has 0 amide bonds. The minimum atomic E-state index is 0.206. The number of fused-ring (bicyclic) bond motifs is 1. The highest BCUT2D eigenvalue weighted by Crippen LogP contribution is 2.33. The number of hydrogen-bond acceptors (Lipinski definition) is 3. The fourth-order valence-electron chi connectivity index (χ4n) is 2.82. The van der Waals surface area contributed by atoms with Crippen LogP contribution in [0, 0.1) is 6.92 Å². The molecule has 0 aliphatic carbocycles. The van der Waals surface area contributed by atoms with E-state index in [0.29, 0.717) is 17.0 Å². The SMILES string of the molecule is Cc1ccccc1-n1c(-c2ccccc2O)nc2ncccc21. The van der Waals surface area contributed by atoms with E-state index in [9.17, 15) is 5.11 Å². The number of imidazole rings is 1. The number of hydrogen-bond donors (Lipinski definition) is 1. The van der Waals surface area contributed by atoms with Crippen molar-refractivity contribution >= 4 is 11.2 Å². The second-order valence-corrected chi connectivity index (χ2v) is 5.42. The average molecular weight is 301 g/mol. The second kappa shape index (κ2) is 5.25. The lowest BCUT2D eigenvalue weighted by atomic mass is 10.1. The molecule has 0 saturated carbocycles. The Kier molecular flexibility index (Phi) is 3.08. The molecule has 4 heteroatoms. The first-order valence-corrected chi connectivity index (χ1v) is 7.43. The van der Waals surface area contributed by atoms with Gasteiger partial charge in [-0.25, -0.2) is 9.97 Å². The zero-order valence-electron chi connectivity index (χ0n) is 12.6. The van der Waals surface area contributed by atoms with E-state index < -0.39 is 0 Å². The van der Waals surface area contributed by atoms with Gasteiger partial charge in [0.15, 0.2) is 11.5 Å². The van der Waals surface area contributed by atoms with Crippen LogP contribution >= 0.6 is 0 Å². The molecule has 112 valence electrons. The van der Waals surface area contributed by atoms with Crippen molar-refractivity contribution in [2.75, 3.05) is 0 Å². The minimum Gasteiger partial charge on any atom is -0.507 e. The predicted octanol–water partition coefficient (Wildman–Crippen LogP) is 4.10. The molecular formula is C19H15N3O. The summed E-state index contributed by atoms with van der Waals surface area (Å²) >= 11 is 0. The Labute approximate surface area is 133 Å². The predicted molar refractivity (Wildman–Crippen MR) is 90.7 cm³/mol. The molecule has 0 spiro atoms. The molecular weight excluding hydrogens is 286 g/mol. The number of para-hydroxylation sites is 2. The van der Waals surface area contributed by atoms with E-state index in [1.807, 2.05) is 47.0 Å². The quantitative estimate of drug-likeness (QED) is 0.606. The third-order valence-electron chi connectivity index (χ3n) is 3.93. The van der Waals surface area contributed by atoms with E-state index >= 15 is 0 Å². The van der Waals surface area contributed by atoms with Gasteiger partial charge < -0.3 is 5.11 Å². The zero-order valence-corrected chi connectivity index (χ0v) is 12.6. The van der Waals surface area contributed by atoms with Crippen LogP contribution in [0.1, 0.15) is 5.56 Å². The van der Waals surface area contributed by atoms with Gasteiger partial charge in [-0.3, -0.25) is 4.57 Å². The lowest BCUT2D eigenvalue weighted by molar-refractivity contribution is 0.477. The van der Waals surface area contributed by atoms with Crippen LogP contribution in [0.15, 0.2) is 66.9 Å². The fraction of sp³-hybridized carbons (Fsp3) is 0.0526. The maximum Gasteiger partial charge on any atom is 0.178 e. The smallest absolute Gasteiger partial charge is 0.178 e. The summed E-state index contributed by atoms with van der Waals surface area (Å²) < 4.78 is 2.05.